The fraction of sp³-hybridized carbons (Fsp3) is 0.222. The maximum Gasteiger partial charge on any atom is 0.163 e. The number of nitrogens with one attached hydrogen (secondary N) is 1. The zero-order valence-electron chi connectivity index (χ0n) is 14.3. The van der Waals surface area contributed by atoms with E-state index < -0.39 is 0 Å². The number of anilines is 2. The molecular weight excluding hydrogens is 377 g/mol. The molecule has 1 heterocycles. The molecule has 0 bridgehead atoms. The lowest BCUT2D eigenvalue weighted by atomic mass is 10.2. The first-order chi connectivity index (χ1) is 12.6. The minimum absolute atomic E-state index is 0.415. The number of halogens is 2. The second kappa shape index (κ2) is 8.40. The first-order valence-electron chi connectivity index (χ1n) is 7.79. The van der Waals surface area contributed by atoms with Gasteiger partial charge in [0.25, 0.3) is 0 Å². The van der Waals surface area contributed by atoms with Gasteiger partial charge in [-0.15, -0.1) is 0 Å². The molecule has 0 spiro atoms. The van der Waals surface area contributed by atoms with E-state index in [-0.39, 0.29) is 0 Å². The predicted molar refractivity (Wildman–Crippen MR) is 103 cm³/mol. The van der Waals surface area contributed by atoms with Crippen molar-refractivity contribution in [3.8, 4) is 11.5 Å². The summed E-state index contributed by atoms with van der Waals surface area (Å²) in [5, 5.41) is 4.96. The van der Waals surface area contributed by atoms with Crippen LogP contribution in [-0.4, -0.2) is 37.4 Å². The predicted octanol–water partition coefficient (Wildman–Crippen LogP) is 4.71. The van der Waals surface area contributed by atoms with Gasteiger partial charge in [0.1, 0.15) is 18.8 Å². The van der Waals surface area contributed by atoms with E-state index >= 15 is 0 Å². The first kappa shape index (κ1) is 18.5. The van der Waals surface area contributed by atoms with E-state index in [9.17, 15) is 0 Å². The molecule has 8 heteroatoms. The van der Waals surface area contributed by atoms with Crippen molar-refractivity contribution in [3.05, 3.63) is 46.7 Å². The van der Waals surface area contributed by atoms with E-state index in [4.69, 9.17) is 37.4 Å². The van der Waals surface area contributed by atoms with Crippen molar-refractivity contribution < 1.29 is 14.2 Å². The Hall–Kier alpha value is -2.28. The summed E-state index contributed by atoms with van der Waals surface area (Å²) < 4.78 is 16.1. The van der Waals surface area contributed by atoms with Crippen LogP contribution in [-0.2, 0) is 4.74 Å². The summed E-state index contributed by atoms with van der Waals surface area (Å²) in [6.45, 7) is 0.896. The standard InChI is InChI=1S/C18H17Cl2N3O3/c1-24-5-6-26-17-9-15-12(8-16(17)25-2)18(22-10-21-15)23-11-3-4-13(19)14(20)7-11/h3-4,7-10H,5-6H2,1-2H3,(H,21,22,23). The third-order valence-electron chi connectivity index (χ3n) is 3.65. The van der Waals surface area contributed by atoms with Gasteiger partial charge in [0, 0.05) is 24.2 Å². The maximum atomic E-state index is 6.08. The number of methoxy groups -OCH3 is 2. The van der Waals surface area contributed by atoms with Crippen molar-refractivity contribution in [1.82, 2.24) is 9.97 Å². The van der Waals surface area contributed by atoms with Crippen molar-refractivity contribution in [3.63, 3.8) is 0 Å². The lowest BCUT2D eigenvalue weighted by Crippen LogP contribution is -2.05. The van der Waals surface area contributed by atoms with Crippen molar-refractivity contribution in [1.29, 1.82) is 0 Å². The van der Waals surface area contributed by atoms with Crippen LogP contribution in [0.5, 0.6) is 11.5 Å². The molecule has 0 aliphatic heterocycles. The number of aromatic nitrogens is 2. The Morgan fingerprint density at radius 1 is 0.962 bits per heavy atom. The zero-order chi connectivity index (χ0) is 18.5. The van der Waals surface area contributed by atoms with E-state index in [1.165, 1.54) is 6.33 Å². The van der Waals surface area contributed by atoms with Gasteiger partial charge in [-0.25, -0.2) is 9.97 Å². The van der Waals surface area contributed by atoms with Crippen LogP contribution >= 0.6 is 23.2 Å². The second-order valence-corrected chi connectivity index (χ2v) is 6.15. The van der Waals surface area contributed by atoms with Crippen LogP contribution in [0.2, 0.25) is 10.0 Å². The summed E-state index contributed by atoms with van der Waals surface area (Å²) in [4.78, 5) is 8.63. The minimum atomic E-state index is 0.415. The Morgan fingerprint density at radius 2 is 1.81 bits per heavy atom. The summed E-state index contributed by atoms with van der Waals surface area (Å²) in [7, 11) is 3.20. The molecule has 2 aromatic carbocycles. The molecule has 0 atom stereocenters. The van der Waals surface area contributed by atoms with Gasteiger partial charge in [-0.05, 0) is 24.3 Å². The molecule has 0 amide bonds. The minimum Gasteiger partial charge on any atom is -0.493 e. The summed E-state index contributed by atoms with van der Waals surface area (Å²) >= 11 is 12.0. The molecule has 26 heavy (non-hydrogen) atoms. The monoisotopic (exact) mass is 393 g/mol. The molecule has 0 aliphatic rings. The highest BCUT2D eigenvalue weighted by Crippen LogP contribution is 2.35. The normalized spacial score (nSPS) is 10.8. The smallest absolute Gasteiger partial charge is 0.163 e. The van der Waals surface area contributed by atoms with Gasteiger partial charge >= 0.3 is 0 Å². The molecule has 6 nitrogen and oxygen atoms in total. The van der Waals surface area contributed by atoms with Crippen LogP contribution in [0.4, 0.5) is 11.5 Å². The molecule has 0 saturated carbocycles. The molecule has 3 rings (SSSR count). The van der Waals surface area contributed by atoms with Crippen LogP contribution in [0.25, 0.3) is 10.9 Å². The van der Waals surface area contributed by atoms with Crippen molar-refractivity contribution in [2.45, 2.75) is 0 Å². The van der Waals surface area contributed by atoms with Crippen LogP contribution in [0.3, 0.4) is 0 Å². The number of hydrogen-bond acceptors (Lipinski definition) is 6. The number of ether oxygens (including phenoxy) is 3. The fourth-order valence-corrected chi connectivity index (χ4v) is 2.68. The van der Waals surface area contributed by atoms with Crippen molar-refractivity contribution in [2.75, 3.05) is 32.8 Å². The lowest BCUT2D eigenvalue weighted by Gasteiger charge is -2.14. The largest absolute Gasteiger partial charge is 0.493 e. The molecule has 0 saturated heterocycles. The molecule has 3 aromatic rings. The third-order valence-corrected chi connectivity index (χ3v) is 4.39. The molecule has 1 N–H and O–H groups in total. The highest BCUT2D eigenvalue weighted by atomic mass is 35.5. The van der Waals surface area contributed by atoms with Gasteiger partial charge in [-0.3, -0.25) is 0 Å². The van der Waals surface area contributed by atoms with Crippen LogP contribution in [0, 0.1) is 0 Å². The Labute approximate surface area is 161 Å². The van der Waals surface area contributed by atoms with E-state index in [1.54, 1.807) is 26.4 Å². The second-order valence-electron chi connectivity index (χ2n) is 5.34. The number of rotatable bonds is 7. The molecule has 0 radical (unpaired) electrons. The summed E-state index contributed by atoms with van der Waals surface area (Å²) in [6, 6.07) is 8.92. The Bertz CT molecular complexity index is 922. The highest BCUT2D eigenvalue weighted by molar-refractivity contribution is 6.42. The highest BCUT2D eigenvalue weighted by Gasteiger charge is 2.12. The average Bonchev–Trinajstić information content (AvgIpc) is 2.64. The summed E-state index contributed by atoms with van der Waals surface area (Å²) in [5.74, 6) is 1.80. The van der Waals surface area contributed by atoms with E-state index in [0.717, 1.165) is 16.6 Å². The molecule has 0 unspecified atom stereocenters. The van der Waals surface area contributed by atoms with Crippen LogP contribution < -0.4 is 14.8 Å². The molecule has 0 aliphatic carbocycles. The third kappa shape index (κ3) is 4.09. The molecular formula is C18H17Cl2N3O3. The van der Waals surface area contributed by atoms with Gasteiger partial charge in [0.15, 0.2) is 11.5 Å². The van der Waals surface area contributed by atoms with Gasteiger partial charge in [0.2, 0.25) is 0 Å². The maximum absolute atomic E-state index is 6.08. The lowest BCUT2D eigenvalue weighted by molar-refractivity contribution is 0.144. The van der Waals surface area contributed by atoms with Crippen LogP contribution in [0.15, 0.2) is 36.7 Å². The van der Waals surface area contributed by atoms with Gasteiger partial charge < -0.3 is 19.5 Å². The Balaban J connectivity index is 1.97. The van der Waals surface area contributed by atoms with Gasteiger partial charge in [-0.2, -0.15) is 0 Å². The van der Waals surface area contributed by atoms with Crippen molar-refractivity contribution in [2.24, 2.45) is 0 Å². The van der Waals surface area contributed by atoms with E-state index in [1.807, 2.05) is 18.2 Å². The van der Waals surface area contributed by atoms with Gasteiger partial charge in [-0.1, -0.05) is 23.2 Å². The van der Waals surface area contributed by atoms with Gasteiger partial charge in [0.05, 0.1) is 29.3 Å². The molecule has 1 aromatic heterocycles. The Morgan fingerprint density at radius 3 is 2.54 bits per heavy atom. The number of benzene rings is 2. The topological polar surface area (TPSA) is 65.5 Å². The first-order valence-corrected chi connectivity index (χ1v) is 8.54. The summed E-state index contributed by atoms with van der Waals surface area (Å²) in [6.07, 6.45) is 1.48. The zero-order valence-corrected chi connectivity index (χ0v) is 15.8. The van der Waals surface area contributed by atoms with E-state index in [2.05, 4.69) is 15.3 Å². The molecule has 0 fully saturated rings. The number of fused-ring (bicyclic) bond motifs is 1. The molecule has 136 valence electrons. The summed E-state index contributed by atoms with van der Waals surface area (Å²) in [5.41, 5.74) is 1.48. The Kier molecular flexibility index (Phi) is 5.98. The number of nitrogens with zero attached hydrogens (tertiary/aromatic N) is 2. The van der Waals surface area contributed by atoms with E-state index in [0.29, 0.717) is 40.6 Å². The number of hydrogen-bond donors (Lipinski definition) is 1. The SMILES string of the molecule is COCCOc1cc2ncnc(Nc3ccc(Cl)c(Cl)c3)c2cc1OC. The quantitative estimate of drug-likeness (QED) is 0.586. The van der Waals surface area contributed by atoms with Crippen LogP contribution in [0.1, 0.15) is 0 Å². The van der Waals surface area contributed by atoms with Crippen molar-refractivity contribution >= 4 is 45.6 Å². The average molecular weight is 394 g/mol. The fourth-order valence-electron chi connectivity index (χ4n) is 2.38.